The Hall–Kier alpha value is -3.14. The van der Waals surface area contributed by atoms with Crippen LogP contribution in [0.5, 0.6) is 5.75 Å². The Morgan fingerprint density at radius 3 is 2.74 bits per heavy atom. The van der Waals surface area contributed by atoms with Crippen LogP contribution in [0.3, 0.4) is 0 Å². The van der Waals surface area contributed by atoms with E-state index in [2.05, 4.69) is 9.98 Å². The van der Waals surface area contributed by atoms with E-state index in [9.17, 15) is 18.0 Å². The van der Waals surface area contributed by atoms with Gasteiger partial charge < -0.3 is 20.1 Å². The first-order valence-electron chi connectivity index (χ1n) is 11.0. The van der Waals surface area contributed by atoms with Gasteiger partial charge in [-0.3, -0.25) is 9.79 Å². The Bertz CT molecular complexity index is 1080. The molecular weight excluding hydrogens is 449 g/mol. The van der Waals surface area contributed by atoms with Gasteiger partial charge in [-0.15, -0.1) is 0 Å². The Kier molecular flexibility index (Phi) is 7.81. The highest BCUT2D eigenvalue weighted by molar-refractivity contribution is 6.09. The van der Waals surface area contributed by atoms with Crippen LogP contribution in [-0.4, -0.2) is 51.2 Å². The number of aromatic nitrogens is 2. The van der Waals surface area contributed by atoms with Gasteiger partial charge in [-0.25, -0.2) is 4.98 Å². The zero-order valence-corrected chi connectivity index (χ0v) is 19.2. The molecule has 7 nitrogen and oxygen atoms in total. The predicted molar refractivity (Wildman–Crippen MR) is 123 cm³/mol. The molecule has 34 heavy (non-hydrogen) atoms. The number of hydrogen-bond acceptors (Lipinski definition) is 5. The lowest BCUT2D eigenvalue weighted by Gasteiger charge is -2.29. The van der Waals surface area contributed by atoms with Crippen LogP contribution in [0.25, 0.3) is 5.57 Å². The summed E-state index contributed by atoms with van der Waals surface area (Å²) >= 11 is 0. The molecule has 0 saturated carbocycles. The molecule has 0 amide bonds. The number of aliphatic carboxylic acids is 1. The maximum atomic E-state index is 13.3. The van der Waals surface area contributed by atoms with Crippen molar-refractivity contribution in [2.24, 2.45) is 10.7 Å². The number of dihydropyridines is 1. The third-order valence-corrected chi connectivity index (χ3v) is 5.85. The van der Waals surface area contributed by atoms with E-state index in [1.54, 1.807) is 6.20 Å². The molecule has 184 valence electrons. The molecule has 3 rings (SSSR count). The van der Waals surface area contributed by atoms with Crippen LogP contribution in [0.15, 0.2) is 41.5 Å². The molecule has 0 bridgehead atoms. The third-order valence-electron chi connectivity index (χ3n) is 5.85. The first-order chi connectivity index (χ1) is 16.0. The number of carbonyl (C=O) groups is 1. The minimum absolute atomic E-state index is 0.0828. The number of aliphatic imine (C=N–C) groups is 1. The van der Waals surface area contributed by atoms with Crippen molar-refractivity contribution in [1.82, 2.24) is 9.55 Å². The fraction of sp³-hybridized carbons (Fsp3) is 0.458. The van der Waals surface area contributed by atoms with Crippen molar-refractivity contribution in [2.45, 2.75) is 63.8 Å². The number of para-hydroxylation sites is 1. The molecule has 10 heteroatoms. The van der Waals surface area contributed by atoms with Gasteiger partial charge in [-0.05, 0) is 32.8 Å². The summed E-state index contributed by atoms with van der Waals surface area (Å²) < 4.78 is 47.7. The summed E-state index contributed by atoms with van der Waals surface area (Å²) in [6.45, 7) is 3.76. The van der Waals surface area contributed by atoms with E-state index < -0.39 is 23.7 Å². The maximum Gasteiger partial charge on any atom is 0.413 e. The standard InChI is InChI=1S/C24H29F3N4O3/c1-16-13-29-22(17-9-10-23(2,30-14-17)24(25,26)27)31(16)15-18-6-3-4-8-20(18)34-11-5-7-19(28)12-21(32)33/h3-4,6,8-9,13-14,19H,5,7,10-12,15,28H2,1-2H3,(H,32,33)/t19-,23?/m1/s1. The Labute approximate surface area is 196 Å². The van der Waals surface area contributed by atoms with Gasteiger partial charge in [-0.2, -0.15) is 13.2 Å². The highest BCUT2D eigenvalue weighted by Crippen LogP contribution is 2.39. The average molecular weight is 479 g/mol. The van der Waals surface area contributed by atoms with Crippen LogP contribution in [0.2, 0.25) is 0 Å². The SMILES string of the molecule is Cc1cnc(C2=CCC(C)(C(F)(F)F)N=C2)n1Cc1ccccc1OCCC[C@@H](N)CC(=O)O. The zero-order chi connectivity index (χ0) is 24.9. The minimum atomic E-state index is -4.43. The van der Waals surface area contributed by atoms with Crippen molar-refractivity contribution in [3.05, 3.63) is 53.6 Å². The number of hydrogen-bond donors (Lipinski definition) is 2. The van der Waals surface area contributed by atoms with Gasteiger partial charge in [0.25, 0.3) is 0 Å². The number of halogens is 3. The molecular formula is C24H29F3N4O3. The van der Waals surface area contributed by atoms with Gasteiger partial charge in [0.15, 0.2) is 5.54 Å². The van der Waals surface area contributed by atoms with E-state index >= 15 is 0 Å². The molecule has 2 heterocycles. The summed E-state index contributed by atoms with van der Waals surface area (Å²) in [5.41, 5.74) is 5.94. The largest absolute Gasteiger partial charge is 0.493 e. The van der Waals surface area contributed by atoms with Gasteiger partial charge in [0.1, 0.15) is 11.6 Å². The number of aryl methyl sites for hydroxylation is 1. The average Bonchev–Trinajstić information content (AvgIpc) is 3.12. The van der Waals surface area contributed by atoms with Gasteiger partial charge in [0, 0.05) is 41.7 Å². The van der Waals surface area contributed by atoms with E-state index in [-0.39, 0.29) is 12.8 Å². The highest BCUT2D eigenvalue weighted by Gasteiger charge is 2.51. The van der Waals surface area contributed by atoms with Gasteiger partial charge in [0.05, 0.1) is 19.6 Å². The number of nitrogens with zero attached hydrogens (tertiary/aromatic N) is 3. The topological polar surface area (TPSA) is 103 Å². The second-order valence-corrected chi connectivity index (χ2v) is 8.66. The molecule has 0 spiro atoms. The number of rotatable bonds is 10. The van der Waals surface area contributed by atoms with Crippen LogP contribution >= 0.6 is 0 Å². The second kappa shape index (κ2) is 10.4. The fourth-order valence-corrected chi connectivity index (χ4v) is 3.65. The monoisotopic (exact) mass is 478 g/mol. The van der Waals surface area contributed by atoms with E-state index in [1.165, 1.54) is 12.3 Å². The molecule has 0 fully saturated rings. The number of carboxylic acid groups (broad SMARTS) is 1. The lowest BCUT2D eigenvalue weighted by molar-refractivity contribution is -0.178. The molecule has 0 saturated heterocycles. The van der Waals surface area contributed by atoms with Gasteiger partial charge in [0.2, 0.25) is 0 Å². The first kappa shape index (κ1) is 25.5. The summed E-state index contributed by atoms with van der Waals surface area (Å²) in [4.78, 5) is 18.9. The van der Waals surface area contributed by atoms with E-state index in [0.717, 1.165) is 18.2 Å². The Morgan fingerprint density at radius 1 is 1.35 bits per heavy atom. The molecule has 3 N–H and O–H groups in total. The van der Waals surface area contributed by atoms with E-state index in [1.807, 2.05) is 35.8 Å². The third kappa shape index (κ3) is 6.05. The summed E-state index contributed by atoms with van der Waals surface area (Å²) in [6.07, 6.45) is 0.834. The fourth-order valence-electron chi connectivity index (χ4n) is 3.65. The number of ether oxygens (including phenoxy) is 1. The maximum absolute atomic E-state index is 13.3. The number of benzene rings is 1. The number of nitrogens with two attached hydrogens (primary N) is 1. The predicted octanol–water partition coefficient (Wildman–Crippen LogP) is 4.38. The van der Waals surface area contributed by atoms with Crippen molar-refractivity contribution in [2.75, 3.05) is 6.61 Å². The molecule has 1 aliphatic heterocycles. The van der Waals surface area contributed by atoms with Crippen LogP contribution in [0, 0.1) is 6.92 Å². The molecule has 1 aliphatic rings. The number of alkyl halides is 3. The zero-order valence-electron chi connectivity index (χ0n) is 19.2. The van der Waals surface area contributed by atoms with Crippen molar-refractivity contribution in [1.29, 1.82) is 0 Å². The van der Waals surface area contributed by atoms with E-state index in [0.29, 0.717) is 43.1 Å². The van der Waals surface area contributed by atoms with Gasteiger partial charge in [-0.1, -0.05) is 24.3 Å². The number of carboxylic acids is 1. The summed E-state index contributed by atoms with van der Waals surface area (Å²) in [5, 5.41) is 8.80. The van der Waals surface area contributed by atoms with Crippen molar-refractivity contribution in [3.8, 4) is 5.75 Å². The lowest BCUT2D eigenvalue weighted by Crippen LogP contribution is -2.41. The molecule has 1 aromatic heterocycles. The van der Waals surface area contributed by atoms with Crippen LogP contribution in [-0.2, 0) is 11.3 Å². The molecule has 2 atom stereocenters. The second-order valence-electron chi connectivity index (χ2n) is 8.66. The van der Waals surface area contributed by atoms with Crippen LogP contribution < -0.4 is 10.5 Å². The summed E-state index contributed by atoms with van der Waals surface area (Å²) in [5.74, 6) is 0.288. The number of allylic oxidation sites excluding steroid dienone is 1. The molecule has 1 aromatic carbocycles. The first-order valence-corrected chi connectivity index (χ1v) is 11.0. The Morgan fingerprint density at radius 2 is 2.09 bits per heavy atom. The summed E-state index contributed by atoms with van der Waals surface area (Å²) in [6, 6.07) is 7.07. The smallest absolute Gasteiger partial charge is 0.413 e. The lowest BCUT2D eigenvalue weighted by atomic mass is 9.93. The van der Waals surface area contributed by atoms with Crippen LogP contribution in [0.4, 0.5) is 13.2 Å². The highest BCUT2D eigenvalue weighted by atomic mass is 19.4. The molecule has 2 aromatic rings. The Balaban J connectivity index is 1.71. The molecule has 1 unspecified atom stereocenters. The minimum Gasteiger partial charge on any atom is -0.493 e. The molecule has 0 radical (unpaired) electrons. The molecule has 0 aliphatic carbocycles. The van der Waals surface area contributed by atoms with Crippen LogP contribution in [0.1, 0.15) is 49.7 Å². The van der Waals surface area contributed by atoms with Crippen molar-refractivity contribution < 1.29 is 27.8 Å². The normalized spacial score (nSPS) is 19.1. The number of imidazole rings is 1. The summed E-state index contributed by atoms with van der Waals surface area (Å²) in [7, 11) is 0. The van der Waals surface area contributed by atoms with Crippen molar-refractivity contribution in [3.63, 3.8) is 0 Å². The van der Waals surface area contributed by atoms with E-state index in [4.69, 9.17) is 15.6 Å². The van der Waals surface area contributed by atoms with Gasteiger partial charge >= 0.3 is 12.1 Å². The van der Waals surface area contributed by atoms with Crippen molar-refractivity contribution >= 4 is 17.8 Å². The quantitative estimate of drug-likeness (QED) is 0.494.